The van der Waals surface area contributed by atoms with Gasteiger partial charge >= 0.3 is 0 Å². The van der Waals surface area contributed by atoms with E-state index in [1.165, 1.54) is 24.3 Å². The van der Waals surface area contributed by atoms with Crippen molar-refractivity contribution in [3.8, 4) is 0 Å². The summed E-state index contributed by atoms with van der Waals surface area (Å²) in [5.41, 5.74) is 0.735. The molecule has 0 bridgehead atoms. The number of amides is 1. The van der Waals surface area contributed by atoms with E-state index in [1.54, 1.807) is 12.1 Å². The van der Waals surface area contributed by atoms with E-state index in [1.807, 2.05) is 6.92 Å². The SMILES string of the molecule is CCN1CCCC1CNC(=O)c1ccc(CS(=O)(=O)c2ccc(C)cc2)c([N+](=O)[O-])c1. The first-order valence-electron chi connectivity index (χ1n) is 10.3. The van der Waals surface area contributed by atoms with Gasteiger partial charge in [-0.05, 0) is 51.1 Å². The smallest absolute Gasteiger partial charge is 0.274 e. The van der Waals surface area contributed by atoms with Gasteiger partial charge in [0.1, 0.15) is 0 Å². The Kier molecular flexibility index (Phi) is 7.07. The summed E-state index contributed by atoms with van der Waals surface area (Å²) in [6.45, 7) is 6.32. The molecule has 1 amide bonds. The summed E-state index contributed by atoms with van der Waals surface area (Å²) in [6.07, 6.45) is 2.09. The van der Waals surface area contributed by atoms with Crippen LogP contribution in [-0.4, -0.2) is 49.8 Å². The Hall–Kier alpha value is -2.78. The third kappa shape index (κ3) is 5.48. The fourth-order valence-electron chi connectivity index (χ4n) is 3.89. The number of hydrogen-bond acceptors (Lipinski definition) is 6. The first-order valence-corrected chi connectivity index (χ1v) is 12.0. The molecule has 0 radical (unpaired) electrons. The van der Waals surface area contributed by atoms with Crippen molar-refractivity contribution in [1.29, 1.82) is 0 Å². The number of carbonyl (C=O) groups is 1. The maximum atomic E-state index is 12.7. The number of hydrogen-bond donors (Lipinski definition) is 1. The van der Waals surface area contributed by atoms with E-state index in [0.717, 1.165) is 37.6 Å². The van der Waals surface area contributed by atoms with Gasteiger partial charge in [-0.25, -0.2) is 8.42 Å². The zero-order chi connectivity index (χ0) is 22.6. The number of nitrogens with zero attached hydrogens (tertiary/aromatic N) is 2. The molecule has 0 aromatic heterocycles. The molecular weight excluding hydrogens is 418 g/mol. The quantitative estimate of drug-likeness (QED) is 0.494. The van der Waals surface area contributed by atoms with E-state index in [4.69, 9.17) is 0 Å². The first-order chi connectivity index (χ1) is 14.7. The van der Waals surface area contributed by atoms with Gasteiger partial charge in [0.05, 0.1) is 15.6 Å². The molecule has 2 aromatic rings. The van der Waals surface area contributed by atoms with Crippen molar-refractivity contribution < 1.29 is 18.1 Å². The molecule has 0 saturated carbocycles. The lowest BCUT2D eigenvalue weighted by molar-refractivity contribution is -0.385. The van der Waals surface area contributed by atoms with Crippen molar-refractivity contribution in [2.24, 2.45) is 0 Å². The Morgan fingerprint density at radius 1 is 1.23 bits per heavy atom. The lowest BCUT2D eigenvalue weighted by atomic mass is 10.1. The number of aryl methyl sites for hydroxylation is 1. The molecule has 8 nitrogen and oxygen atoms in total. The van der Waals surface area contributed by atoms with Crippen molar-refractivity contribution in [1.82, 2.24) is 10.2 Å². The van der Waals surface area contributed by atoms with Crippen molar-refractivity contribution in [2.75, 3.05) is 19.6 Å². The minimum absolute atomic E-state index is 0.0510. The molecule has 1 unspecified atom stereocenters. The monoisotopic (exact) mass is 445 g/mol. The third-order valence-electron chi connectivity index (χ3n) is 5.67. The van der Waals surface area contributed by atoms with E-state index >= 15 is 0 Å². The standard InChI is InChI=1S/C22H27N3O5S/c1-3-24-12-4-5-19(24)14-23-22(26)17-8-9-18(21(13-17)25(27)28)15-31(29,30)20-10-6-16(2)7-11-20/h6-11,13,19H,3-5,12,14-15H2,1-2H3,(H,23,26). The van der Waals surface area contributed by atoms with E-state index in [2.05, 4.69) is 17.1 Å². The van der Waals surface area contributed by atoms with Crippen molar-refractivity contribution in [3.63, 3.8) is 0 Å². The fourth-order valence-corrected chi connectivity index (χ4v) is 5.26. The molecule has 1 aliphatic rings. The summed E-state index contributed by atoms with van der Waals surface area (Å²) < 4.78 is 25.4. The number of carbonyl (C=O) groups excluding carboxylic acids is 1. The average Bonchev–Trinajstić information content (AvgIpc) is 3.19. The van der Waals surface area contributed by atoms with Gasteiger partial charge in [-0.3, -0.25) is 19.8 Å². The Balaban J connectivity index is 1.77. The fraction of sp³-hybridized carbons (Fsp3) is 0.409. The molecule has 1 heterocycles. The van der Waals surface area contributed by atoms with Crippen LogP contribution in [0.5, 0.6) is 0 Å². The van der Waals surface area contributed by atoms with Crippen LogP contribution in [0.4, 0.5) is 5.69 Å². The third-order valence-corrected chi connectivity index (χ3v) is 7.35. The van der Waals surface area contributed by atoms with Crippen molar-refractivity contribution >= 4 is 21.4 Å². The molecule has 9 heteroatoms. The van der Waals surface area contributed by atoms with Gasteiger partial charge in [-0.15, -0.1) is 0 Å². The molecule has 31 heavy (non-hydrogen) atoms. The lowest BCUT2D eigenvalue weighted by Crippen LogP contribution is -2.40. The lowest BCUT2D eigenvalue weighted by Gasteiger charge is -2.22. The Labute approximate surface area is 182 Å². The van der Waals surface area contributed by atoms with Crippen molar-refractivity contribution in [2.45, 2.75) is 43.4 Å². The maximum absolute atomic E-state index is 12.7. The minimum Gasteiger partial charge on any atom is -0.350 e. The predicted octanol–water partition coefficient (Wildman–Crippen LogP) is 3.09. The van der Waals surface area contributed by atoms with Gasteiger partial charge in [0.25, 0.3) is 11.6 Å². The number of nitro benzene ring substituents is 1. The number of likely N-dealkylation sites (tertiary alicyclic amines) is 1. The summed E-state index contributed by atoms with van der Waals surface area (Å²) in [5, 5.41) is 14.4. The molecule has 0 spiro atoms. The number of likely N-dealkylation sites (N-methyl/N-ethyl adjacent to an activating group) is 1. The molecule has 1 N–H and O–H groups in total. The molecule has 1 saturated heterocycles. The molecule has 2 aromatic carbocycles. The number of nitrogens with one attached hydrogen (secondary N) is 1. The number of rotatable bonds is 8. The summed E-state index contributed by atoms with van der Waals surface area (Å²) in [6, 6.07) is 10.5. The molecule has 3 rings (SSSR count). The van der Waals surface area contributed by atoms with Crippen LogP contribution in [0.25, 0.3) is 0 Å². The highest BCUT2D eigenvalue weighted by molar-refractivity contribution is 7.90. The largest absolute Gasteiger partial charge is 0.350 e. The summed E-state index contributed by atoms with van der Waals surface area (Å²) in [4.78, 5) is 25.9. The highest BCUT2D eigenvalue weighted by atomic mass is 32.2. The molecule has 1 aliphatic heterocycles. The van der Waals surface area contributed by atoms with Gasteiger partial charge in [0, 0.05) is 29.8 Å². The van der Waals surface area contributed by atoms with E-state index in [-0.39, 0.29) is 27.8 Å². The molecule has 0 aliphatic carbocycles. The Morgan fingerprint density at radius 3 is 2.58 bits per heavy atom. The van der Waals surface area contributed by atoms with Crippen LogP contribution in [0.2, 0.25) is 0 Å². The van der Waals surface area contributed by atoms with Gasteiger partial charge in [0.2, 0.25) is 0 Å². The second-order valence-corrected chi connectivity index (χ2v) is 9.80. The van der Waals surface area contributed by atoms with Crippen LogP contribution < -0.4 is 5.32 Å². The van der Waals surface area contributed by atoms with Gasteiger partial charge in [-0.1, -0.05) is 30.7 Å². The van der Waals surface area contributed by atoms with Crippen molar-refractivity contribution in [3.05, 3.63) is 69.3 Å². The number of sulfone groups is 1. The normalized spacial score (nSPS) is 16.9. The van der Waals surface area contributed by atoms with E-state index in [9.17, 15) is 23.3 Å². The maximum Gasteiger partial charge on any atom is 0.274 e. The first kappa shape index (κ1) is 22.9. The second-order valence-electron chi connectivity index (χ2n) is 7.81. The van der Waals surface area contributed by atoms with Crippen LogP contribution >= 0.6 is 0 Å². The Bertz CT molecular complexity index is 1070. The Morgan fingerprint density at radius 2 is 1.94 bits per heavy atom. The molecule has 1 atom stereocenters. The molecule has 1 fully saturated rings. The van der Waals surface area contributed by atoms with Crippen LogP contribution in [0.1, 0.15) is 41.3 Å². The average molecular weight is 446 g/mol. The van der Waals surface area contributed by atoms with Gasteiger partial charge < -0.3 is 5.32 Å². The van der Waals surface area contributed by atoms with Crippen LogP contribution in [0.3, 0.4) is 0 Å². The zero-order valence-electron chi connectivity index (χ0n) is 17.7. The van der Waals surface area contributed by atoms with Crippen LogP contribution in [0, 0.1) is 17.0 Å². The number of nitro groups is 1. The highest BCUT2D eigenvalue weighted by Gasteiger charge is 2.26. The summed E-state index contributed by atoms with van der Waals surface area (Å²) in [7, 11) is -3.76. The topological polar surface area (TPSA) is 110 Å². The molecule has 166 valence electrons. The zero-order valence-corrected chi connectivity index (χ0v) is 18.5. The minimum atomic E-state index is -3.76. The highest BCUT2D eigenvalue weighted by Crippen LogP contribution is 2.26. The molecular formula is C22H27N3O5S. The van der Waals surface area contributed by atoms with E-state index < -0.39 is 26.4 Å². The van der Waals surface area contributed by atoms with Crippen LogP contribution in [-0.2, 0) is 15.6 Å². The predicted molar refractivity (Wildman–Crippen MR) is 118 cm³/mol. The van der Waals surface area contributed by atoms with Gasteiger partial charge in [0.15, 0.2) is 9.84 Å². The summed E-state index contributed by atoms with van der Waals surface area (Å²) >= 11 is 0. The van der Waals surface area contributed by atoms with Crippen LogP contribution in [0.15, 0.2) is 47.4 Å². The van der Waals surface area contributed by atoms with Gasteiger partial charge in [-0.2, -0.15) is 0 Å². The van der Waals surface area contributed by atoms with E-state index in [0.29, 0.717) is 6.54 Å². The number of benzene rings is 2. The second kappa shape index (κ2) is 9.57. The summed E-state index contributed by atoms with van der Waals surface area (Å²) in [5.74, 6) is -0.916.